The van der Waals surface area contributed by atoms with Crippen LogP contribution >= 0.6 is 11.8 Å². The van der Waals surface area contributed by atoms with Crippen LogP contribution in [0.25, 0.3) is 0 Å². The van der Waals surface area contributed by atoms with E-state index >= 15 is 0 Å². The first kappa shape index (κ1) is 12.4. The van der Waals surface area contributed by atoms with Crippen LogP contribution in [0.5, 0.6) is 0 Å². The highest BCUT2D eigenvalue weighted by molar-refractivity contribution is 8.00. The van der Waals surface area contributed by atoms with Gasteiger partial charge in [0.1, 0.15) is 0 Å². The van der Waals surface area contributed by atoms with Crippen molar-refractivity contribution in [3.05, 3.63) is 0 Å². The number of methoxy groups -OCH3 is 1. The molecule has 1 fully saturated rings. The number of carbonyl (C=O) groups excluding carboxylic acids is 1. The van der Waals surface area contributed by atoms with Crippen LogP contribution in [-0.2, 0) is 9.53 Å². The average Bonchev–Trinajstić information content (AvgIpc) is 2.26. The van der Waals surface area contributed by atoms with Gasteiger partial charge in [0.25, 0.3) is 0 Å². The van der Waals surface area contributed by atoms with E-state index in [0.717, 1.165) is 19.3 Å². The van der Waals surface area contributed by atoms with E-state index in [1.165, 1.54) is 7.11 Å². The molecule has 3 nitrogen and oxygen atoms in total. The fourth-order valence-corrected chi connectivity index (χ4v) is 3.26. The minimum absolute atomic E-state index is 0.107. The zero-order chi connectivity index (χ0) is 11.3. The molecule has 3 atom stereocenters. The number of hydrogen-bond acceptors (Lipinski definition) is 4. The normalized spacial score (nSPS) is 30.6. The number of rotatable bonds is 3. The van der Waals surface area contributed by atoms with Crippen molar-refractivity contribution >= 4 is 17.7 Å². The van der Waals surface area contributed by atoms with Crippen LogP contribution in [0.3, 0.4) is 0 Å². The third-order valence-corrected chi connectivity index (χ3v) is 4.21. The summed E-state index contributed by atoms with van der Waals surface area (Å²) >= 11 is 1.57. The standard InChI is InChI=1S/C11H17NO2S/c1-8-3-4-9(6-12)10(5-8)15-7-11(13)14-2/h8-10H,3-5,7H2,1-2H3. The molecule has 0 spiro atoms. The lowest BCUT2D eigenvalue weighted by Gasteiger charge is -2.30. The molecule has 0 aliphatic heterocycles. The van der Waals surface area contributed by atoms with Crippen molar-refractivity contribution in [3.63, 3.8) is 0 Å². The van der Waals surface area contributed by atoms with Crippen LogP contribution in [0.15, 0.2) is 0 Å². The van der Waals surface area contributed by atoms with E-state index in [0.29, 0.717) is 16.9 Å². The molecule has 0 heterocycles. The van der Waals surface area contributed by atoms with Crippen molar-refractivity contribution in [3.8, 4) is 6.07 Å². The molecule has 1 aliphatic rings. The topological polar surface area (TPSA) is 50.1 Å². The van der Waals surface area contributed by atoms with Crippen molar-refractivity contribution < 1.29 is 9.53 Å². The zero-order valence-electron chi connectivity index (χ0n) is 9.23. The third kappa shape index (κ3) is 3.75. The van der Waals surface area contributed by atoms with Gasteiger partial charge in [-0.1, -0.05) is 6.92 Å². The molecule has 3 unspecified atom stereocenters. The Morgan fingerprint density at radius 1 is 1.60 bits per heavy atom. The third-order valence-electron chi connectivity index (χ3n) is 2.86. The van der Waals surface area contributed by atoms with Gasteiger partial charge in [0.15, 0.2) is 0 Å². The number of hydrogen-bond donors (Lipinski definition) is 0. The van der Waals surface area contributed by atoms with Gasteiger partial charge in [-0.05, 0) is 25.2 Å². The van der Waals surface area contributed by atoms with Crippen molar-refractivity contribution in [1.29, 1.82) is 5.26 Å². The largest absolute Gasteiger partial charge is 0.468 e. The highest BCUT2D eigenvalue weighted by Gasteiger charge is 2.29. The lowest BCUT2D eigenvalue weighted by molar-refractivity contribution is -0.137. The van der Waals surface area contributed by atoms with Gasteiger partial charge in [-0.25, -0.2) is 0 Å². The Kier molecular flexibility index (Phi) is 4.97. The molecule has 0 aromatic heterocycles. The highest BCUT2D eigenvalue weighted by atomic mass is 32.2. The number of carbonyl (C=O) groups is 1. The fraction of sp³-hybridized carbons (Fsp3) is 0.818. The smallest absolute Gasteiger partial charge is 0.315 e. The molecule has 1 saturated carbocycles. The predicted octanol–water partition coefficient (Wildman–Crippen LogP) is 2.22. The Balaban J connectivity index is 2.42. The van der Waals surface area contributed by atoms with Gasteiger partial charge in [-0.3, -0.25) is 4.79 Å². The maximum atomic E-state index is 11.0. The molecule has 0 radical (unpaired) electrons. The molecule has 0 bridgehead atoms. The van der Waals surface area contributed by atoms with Crippen LogP contribution in [0.4, 0.5) is 0 Å². The molecule has 1 rings (SSSR count). The summed E-state index contributed by atoms with van der Waals surface area (Å²) in [6.45, 7) is 2.21. The quantitative estimate of drug-likeness (QED) is 0.694. The monoisotopic (exact) mass is 227 g/mol. The van der Waals surface area contributed by atoms with E-state index in [1.54, 1.807) is 11.8 Å². The summed E-state index contributed by atoms with van der Waals surface area (Å²) in [5.74, 6) is 0.946. The van der Waals surface area contributed by atoms with E-state index in [-0.39, 0.29) is 11.9 Å². The molecule has 15 heavy (non-hydrogen) atoms. The molecular weight excluding hydrogens is 210 g/mol. The second-order valence-corrected chi connectivity index (χ2v) is 5.31. The Morgan fingerprint density at radius 2 is 2.33 bits per heavy atom. The Hall–Kier alpha value is -0.690. The second kappa shape index (κ2) is 6.02. The summed E-state index contributed by atoms with van der Waals surface area (Å²) in [6.07, 6.45) is 3.14. The molecule has 0 aromatic carbocycles. The number of esters is 1. The minimum Gasteiger partial charge on any atom is -0.468 e. The summed E-state index contributed by atoms with van der Waals surface area (Å²) in [5, 5.41) is 9.29. The van der Waals surface area contributed by atoms with E-state index in [9.17, 15) is 4.79 Å². The van der Waals surface area contributed by atoms with Crippen LogP contribution < -0.4 is 0 Å². The number of nitriles is 1. The molecule has 0 saturated heterocycles. The van der Waals surface area contributed by atoms with E-state index in [4.69, 9.17) is 5.26 Å². The van der Waals surface area contributed by atoms with Crippen molar-refractivity contribution in [2.24, 2.45) is 11.8 Å². The van der Waals surface area contributed by atoms with Crippen LogP contribution in [0.2, 0.25) is 0 Å². The molecule has 1 aliphatic carbocycles. The van der Waals surface area contributed by atoms with Gasteiger partial charge < -0.3 is 4.74 Å². The lowest BCUT2D eigenvalue weighted by atomic mass is 9.83. The predicted molar refractivity (Wildman–Crippen MR) is 60.4 cm³/mol. The van der Waals surface area contributed by atoms with Crippen LogP contribution in [0, 0.1) is 23.2 Å². The van der Waals surface area contributed by atoms with E-state index in [2.05, 4.69) is 17.7 Å². The summed E-state index contributed by atoms with van der Waals surface area (Å²) in [6, 6.07) is 2.34. The summed E-state index contributed by atoms with van der Waals surface area (Å²) in [7, 11) is 1.40. The SMILES string of the molecule is COC(=O)CSC1CC(C)CCC1C#N. The highest BCUT2D eigenvalue weighted by Crippen LogP contribution is 2.36. The summed E-state index contributed by atoms with van der Waals surface area (Å²) < 4.78 is 4.59. The van der Waals surface area contributed by atoms with E-state index < -0.39 is 0 Å². The summed E-state index contributed by atoms with van der Waals surface area (Å²) in [5.41, 5.74) is 0. The van der Waals surface area contributed by atoms with Gasteiger partial charge in [-0.15, -0.1) is 11.8 Å². The first-order chi connectivity index (χ1) is 7.17. The van der Waals surface area contributed by atoms with Gasteiger partial charge in [0.05, 0.1) is 24.8 Å². The second-order valence-electron chi connectivity index (χ2n) is 4.08. The van der Waals surface area contributed by atoms with Gasteiger partial charge in [0, 0.05) is 5.25 Å². The lowest BCUT2D eigenvalue weighted by Crippen LogP contribution is -2.26. The Bertz CT molecular complexity index is 262. The first-order valence-electron chi connectivity index (χ1n) is 5.25. The van der Waals surface area contributed by atoms with Gasteiger partial charge in [-0.2, -0.15) is 5.26 Å². The Morgan fingerprint density at radius 3 is 2.93 bits per heavy atom. The number of nitrogens with zero attached hydrogens (tertiary/aromatic N) is 1. The van der Waals surface area contributed by atoms with Crippen LogP contribution in [0.1, 0.15) is 26.2 Å². The van der Waals surface area contributed by atoms with Crippen molar-refractivity contribution in [2.75, 3.05) is 12.9 Å². The van der Waals surface area contributed by atoms with Crippen molar-refractivity contribution in [2.45, 2.75) is 31.4 Å². The maximum Gasteiger partial charge on any atom is 0.315 e. The molecule has 0 aromatic rings. The first-order valence-corrected chi connectivity index (χ1v) is 6.30. The molecule has 4 heteroatoms. The zero-order valence-corrected chi connectivity index (χ0v) is 10.0. The van der Waals surface area contributed by atoms with Crippen LogP contribution in [-0.4, -0.2) is 24.1 Å². The average molecular weight is 227 g/mol. The number of thioether (sulfide) groups is 1. The minimum atomic E-state index is -0.199. The number of ether oxygens (including phenoxy) is 1. The van der Waals surface area contributed by atoms with Gasteiger partial charge in [0.2, 0.25) is 0 Å². The molecular formula is C11H17NO2S. The van der Waals surface area contributed by atoms with Crippen molar-refractivity contribution in [1.82, 2.24) is 0 Å². The van der Waals surface area contributed by atoms with E-state index in [1.807, 2.05) is 0 Å². The maximum absolute atomic E-state index is 11.0. The molecule has 0 amide bonds. The summed E-state index contributed by atoms with van der Waals surface area (Å²) in [4.78, 5) is 11.0. The fourth-order valence-electron chi connectivity index (χ4n) is 1.89. The molecule has 84 valence electrons. The Labute approximate surface area is 95.2 Å². The van der Waals surface area contributed by atoms with Gasteiger partial charge >= 0.3 is 5.97 Å². The molecule has 0 N–H and O–H groups in total.